The molecule has 1 aromatic carbocycles. The molecule has 0 aliphatic rings. The molecule has 1 aromatic rings. The number of rotatable bonds is 8. The summed E-state index contributed by atoms with van der Waals surface area (Å²) in [7, 11) is 2.18. The van der Waals surface area contributed by atoms with Crippen molar-refractivity contribution in [2.75, 3.05) is 20.1 Å². The molecular weight excluding hydrogens is 291 g/mol. The fraction of sp³-hybridized carbons (Fsp3) is 0.625. The molecule has 20 heavy (non-hydrogen) atoms. The lowest BCUT2D eigenvalue weighted by Gasteiger charge is -2.27. The van der Waals surface area contributed by atoms with Gasteiger partial charge in [-0.1, -0.05) is 49.2 Å². The van der Waals surface area contributed by atoms with E-state index in [9.17, 15) is 0 Å². The highest BCUT2D eigenvalue weighted by Crippen LogP contribution is 2.31. The minimum atomic E-state index is 0.248. The largest absolute Gasteiger partial charge is 0.310 e. The number of hydrogen-bond donors (Lipinski definition) is 1. The van der Waals surface area contributed by atoms with Crippen molar-refractivity contribution in [3.63, 3.8) is 0 Å². The van der Waals surface area contributed by atoms with Crippen LogP contribution in [0, 0.1) is 0 Å². The van der Waals surface area contributed by atoms with Crippen LogP contribution in [-0.2, 0) is 0 Å². The summed E-state index contributed by atoms with van der Waals surface area (Å²) >= 11 is 12.5. The van der Waals surface area contributed by atoms with Gasteiger partial charge in [-0.2, -0.15) is 0 Å². The van der Waals surface area contributed by atoms with Crippen LogP contribution in [0.2, 0.25) is 10.0 Å². The van der Waals surface area contributed by atoms with E-state index in [0.717, 1.165) is 25.1 Å². The van der Waals surface area contributed by atoms with E-state index < -0.39 is 0 Å². The quantitative estimate of drug-likeness (QED) is 0.743. The lowest BCUT2D eigenvalue weighted by molar-refractivity contribution is 0.238. The summed E-state index contributed by atoms with van der Waals surface area (Å²) in [6, 6.07) is 6.71. The standard InChI is InChI=1S/C16H26Cl2N2/c1-5-12(3)20(4)11-10-15(19-6-2)13-8-7-9-14(17)16(13)18/h7-9,12,15,19H,5-6,10-11H2,1-4H3. The third kappa shape index (κ3) is 4.92. The van der Waals surface area contributed by atoms with Crippen molar-refractivity contribution < 1.29 is 0 Å². The second kappa shape index (κ2) is 8.89. The highest BCUT2D eigenvalue weighted by atomic mass is 35.5. The summed E-state index contributed by atoms with van der Waals surface area (Å²) in [6.45, 7) is 8.55. The zero-order valence-corrected chi connectivity index (χ0v) is 14.4. The molecular formula is C16H26Cl2N2. The maximum absolute atomic E-state index is 6.34. The Labute approximate surface area is 133 Å². The Kier molecular flexibility index (Phi) is 7.90. The molecule has 0 aliphatic carbocycles. The smallest absolute Gasteiger partial charge is 0.0640 e. The maximum atomic E-state index is 6.34. The molecule has 4 heteroatoms. The predicted octanol–water partition coefficient (Wildman–Crippen LogP) is 4.76. The predicted molar refractivity (Wildman–Crippen MR) is 89.9 cm³/mol. The minimum absolute atomic E-state index is 0.248. The molecule has 114 valence electrons. The molecule has 0 aliphatic heterocycles. The Balaban J connectivity index is 2.76. The van der Waals surface area contributed by atoms with E-state index in [-0.39, 0.29) is 6.04 Å². The number of hydrogen-bond acceptors (Lipinski definition) is 2. The Morgan fingerprint density at radius 1 is 1.25 bits per heavy atom. The van der Waals surface area contributed by atoms with E-state index in [1.165, 1.54) is 6.42 Å². The van der Waals surface area contributed by atoms with Crippen LogP contribution in [0.1, 0.15) is 45.2 Å². The van der Waals surface area contributed by atoms with Gasteiger partial charge in [-0.3, -0.25) is 0 Å². The first-order valence-corrected chi connectivity index (χ1v) is 8.14. The topological polar surface area (TPSA) is 15.3 Å². The van der Waals surface area contributed by atoms with Gasteiger partial charge in [-0.25, -0.2) is 0 Å². The molecule has 1 N–H and O–H groups in total. The van der Waals surface area contributed by atoms with Gasteiger partial charge in [0, 0.05) is 12.1 Å². The summed E-state index contributed by atoms with van der Waals surface area (Å²) in [5.41, 5.74) is 1.10. The van der Waals surface area contributed by atoms with Crippen molar-refractivity contribution in [1.29, 1.82) is 0 Å². The van der Waals surface area contributed by atoms with Crippen LogP contribution in [0.25, 0.3) is 0 Å². The average molecular weight is 317 g/mol. The van der Waals surface area contributed by atoms with Crippen molar-refractivity contribution >= 4 is 23.2 Å². The van der Waals surface area contributed by atoms with E-state index in [2.05, 4.69) is 44.1 Å². The number of nitrogens with one attached hydrogen (secondary N) is 1. The lowest BCUT2D eigenvalue weighted by Crippen LogP contribution is -2.32. The summed E-state index contributed by atoms with van der Waals surface area (Å²) in [5, 5.41) is 4.81. The first kappa shape index (κ1) is 17.8. The lowest BCUT2D eigenvalue weighted by atomic mass is 10.0. The van der Waals surface area contributed by atoms with E-state index in [1.807, 2.05) is 12.1 Å². The molecule has 0 heterocycles. The first-order valence-electron chi connectivity index (χ1n) is 7.38. The maximum Gasteiger partial charge on any atom is 0.0640 e. The summed E-state index contributed by atoms with van der Waals surface area (Å²) in [5.74, 6) is 0. The molecule has 0 saturated carbocycles. The third-order valence-electron chi connectivity index (χ3n) is 3.92. The van der Waals surface area contributed by atoms with Gasteiger partial charge < -0.3 is 10.2 Å². The van der Waals surface area contributed by atoms with E-state index >= 15 is 0 Å². The SMILES string of the molecule is CCNC(CCN(C)C(C)CC)c1cccc(Cl)c1Cl. The molecule has 2 unspecified atom stereocenters. The zero-order valence-electron chi connectivity index (χ0n) is 12.9. The van der Waals surface area contributed by atoms with Crippen LogP contribution in [0.3, 0.4) is 0 Å². The molecule has 1 rings (SSSR count). The second-order valence-corrected chi connectivity index (χ2v) is 6.07. The van der Waals surface area contributed by atoms with Crippen molar-refractivity contribution in [2.24, 2.45) is 0 Å². The Bertz CT molecular complexity index is 409. The Morgan fingerprint density at radius 2 is 1.95 bits per heavy atom. The number of nitrogens with zero attached hydrogens (tertiary/aromatic N) is 1. The third-order valence-corrected chi connectivity index (χ3v) is 4.75. The molecule has 0 saturated heterocycles. The van der Waals surface area contributed by atoms with Gasteiger partial charge in [0.25, 0.3) is 0 Å². The minimum Gasteiger partial charge on any atom is -0.310 e. The fourth-order valence-electron chi connectivity index (χ4n) is 2.27. The van der Waals surface area contributed by atoms with Crippen LogP contribution >= 0.6 is 23.2 Å². The Hall–Kier alpha value is -0.280. The summed E-state index contributed by atoms with van der Waals surface area (Å²) < 4.78 is 0. The normalized spacial score (nSPS) is 14.6. The first-order chi connectivity index (χ1) is 9.51. The zero-order chi connectivity index (χ0) is 15.1. The molecule has 0 radical (unpaired) electrons. The van der Waals surface area contributed by atoms with Gasteiger partial charge in [-0.05, 0) is 51.5 Å². The highest BCUT2D eigenvalue weighted by molar-refractivity contribution is 6.42. The van der Waals surface area contributed by atoms with E-state index in [1.54, 1.807) is 0 Å². The monoisotopic (exact) mass is 316 g/mol. The molecule has 0 amide bonds. The van der Waals surface area contributed by atoms with E-state index in [4.69, 9.17) is 23.2 Å². The molecule has 0 spiro atoms. The van der Waals surface area contributed by atoms with Crippen molar-refractivity contribution in [2.45, 2.75) is 45.7 Å². The molecule has 0 fully saturated rings. The molecule has 2 atom stereocenters. The average Bonchev–Trinajstić information content (AvgIpc) is 2.45. The van der Waals surface area contributed by atoms with Crippen LogP contribution < -0.4 is 5.32 Å². The van der Waals surface area contributed by atoms with Crippen molar-refractivity contribution in [3.05, 3.63) is 33.8 Å². The van der Waals surface area contributed by atoms with Crippen LogP contribution in [0.4, 0.5) is 0 Å². The molecule has 0 bridgehead atoms. The van der Waals surface area contributed by atoms with Crippen molar-refractivity contribution in [3.8, 4) is 0 Å². The number of benzene rings is 1. The number of halogens is 2. The molecule has 2 nitrogen and oxygen atoms in total. The van der Waals surface area contributed by atoms with Gasteiger partial charge in [0.2, 0.25) is 0 Å². The summed E-state index contributed by atoms with van der Waals surface area (Å²) in [6.07, 6.45) is 2.19. The van der Waals surface area contributed by atoms with Gasteiger partial charge in [0.15, 0.2) is 0 Å². The summed E-state index contributed by atoms with van der Waals surface area (Å²) in [4.78, 5) is 2.39. The molecule has 0 aromatic heterocycles. The van der Waals surface area contributed by atoms with Gasteiger partial charge in [0.05, 0.1) is 10.0 Å². The highest BCUT2D eigenvalue weighted by Gasteiger charge is 2.17. The van der Waals surface area contributed by atoms with Gasteiger partial charge in [0.1, 0.15) is 0 Å². The fourth-order valence-corrected chi connectivity index (χ4v) is 2.71. The van der Waals surface area contributed by atoms with Crippen LogP contribution in [0.5, 0.6) is 0 Å². The van der Waals surface area contributed by atoms with Crippen molar-refractivity contribution in [1.82, 2.24) is 10.2 Å². The van der Waals surface area contributed by atoms with Gasteiger partial charge in [-0.15, -0.1) is 0 Å². The van der Waals surface area contributed by atoms with Crippen LogP contribution in [0.15, 0.2) is 18.2 Å². The van der Waals surface area contributed by atoms with E-state index in [0.29, 0.717) is 16.1 Å². The van der Waals surface area contributed by atoms with Crippen LogP contribution in [-0.4, -0.2) is 31.1 Å². The second-order valence-electron chi connectivity index (χ2n) is 5.28. The van der Waals surface area contributed by atoms with Gasteiger partial charge >= 0.3 is 0 Å². The Morgan fingerprint density at radius 3 is 2.55 bits per heavy atom.